The fourth-order valence-corrected chi connectivity index (χ4v) is 4.37. The number of hydrogen-bond acceptors (Lipinski definition) is 4. The van der Waals surface area contributed by atoms with Crippen molar-refractivity contribution in [3.8, 4) is 11.4 Å². The number of nitrogens with one attached hydrogen (secondary N) is 1. The van der Waals surface area contributed by atoms with E-state index in [-0.39, 0.29) is 11.8 Å². The van der Waals surface area contributed by atoms with E-state index in [0.717, 1.165) is 55.1 Å². The van der Waals surface area contributed by atoms with E-state index in [0.29, 0.717) is 24.2 Å². The van der Waals surface area contributed by atoms with Gasteiger partial charge in [0, 0.05) is 48.4 Å². The van der Waals surface area contributed by atoms with Crippen molar-refractivity contribution in [2.24, 2.45) is 0 Å². The Morgan fingerprint density at radius 3 is 2.68 bits per heavy atom. The lowest BCUT2D eigenvalue weighted by atomic mass is 10.1. The molecular weight excluding hydrogens is 390 g/mol. The van der Waals surface area contributed by atoms with Crippen LogP contribution >= 0.6 is 0 Å². The third kappa shape index (κ3) is 3.95. The van der Waals surface area contributed by atoms with Gasteiger partial charge in [-0.05, 0) is 49.6 Å². The zero-order valence-electron chi connectivity index (χ0n) is 17.4. The van der Waals surface area contributed by atoms with Crippen molar-refractivity contribution >= 4 is 23.2 Å². The molecule has 3 aromatic rings. The minimum absolute atomic E-state index is 0.109. The predicted molar refractivity (Wildman–Crippen MR) is 119 cm³/mol. The van der Waals surface area contributed by atoms with Crippen molar-refractivity contribution in [2.75, 3.05) is 16.8 Å². The number of amides is 2. The van der Waals surface area contributed by atoms with Crippen LogP contribution in [-0.2, 0) is 17.8 Å². The highest BCUT2D eigenvalue weighted by Crippen LogP contribution is 2.26. The van der Waals surface area contributed by atoms with E-state index in [9.17, 15) is 9.59 Å². The molecule has 0 unspecified atom stereocenters. The molecule has 158 valence electrons. The van der Waals surface area contributed by atoms with Crippen LogP contribution in [0.3, 0.4) is 0 Å². The van der Waals surface area contributed by atoms with Crippen LogP contribution in [0, 0.1) is 0 Å². The van der Waals surface area contributed by atoms with Gasteiger partial charge in [0.25, 0.3) is 5.91 Å². The molecule has 3 heterocycles. The maximum Gasteiger partial charge on any atom is 0.255 e. The Morgan fingerprint density at radius 2 is 1.81 bits per heavy atom. The monoisotopic (exact) mass is 415 g/mol. The molecule has 2 aliphatic heterocycles. The van der Waals surface area contributed by atoms with Crippen LogP contribution in [0.25, 0.3) is 11.4 Å². The van der Waals surface area contributed by atoms with E-state index in [1.807, 2.05) is 36.4 Å². The lowest BCUT2D eigenvalue weighted by Gasteiger charge is -2.16. The minimum Gasteiger partial charge on any atom is -0.322 e. The van der Waals surface area contributed by atoms with Crippen LogP contribution in [0.5, 0.6) is 0 Å². The Balaban J connectivity index is 1.36. The van der Waals surface area contributed by atoms with E-state index < -0.39 is 0 Å². The summed E-state index contributed by atoms with van der Waals surface area (Å²) < 4.78 is 2.20. The molecule has 31 heavy (non-hydrogen) atoms. The number of carbonyl (C=O) groups is 2. The van der Waals surface area contributed by atoms with E-state index in [1.165, 1.54) is 6.42 Å². The number of aryl methyl sites for hydroxylation is 1. The minimum atomic E-state index is -0.203. The third-order valence-electron chi connectivity index (χ3n) is 5.98. The van der Waals surface area contributed by atoms with Crippen LogP contribution in [0.15, 0.2) is 48.5 Å². The summed E-state index contributed by atoms with van der Waals surface area (Å²) in [5.41, 5.74) is 2.94. The van der Waals surface area contributed by atoms with Crippen LogP contribution in [0.4, 0.5) is 11.4 Å². The van der Waals surface area contributed by atoms with Gasteiger partial charge in [-0.2, -0.15) is 0 Å². The summed E-state index contributed by atoms with van der Waals surface area (Å²) in [6.45, 7) is 1.63. The lowest BCUT2D eigenvalue weighted by molar-refractivity contribution is -0.117. The summed E-state index contributed by atoms with van der Waals surface area (Å²) in [7, 11) is 0. The van der Waals surface area contributed by atoms with Crippen molar-refractivity contribution in [2.45, 2.75) is 45.1 Å². The summed E-state index contributed by atoms with van der Waals surface area (Å²) in [5, 5.41) is 11.8. The number of nitrogens with zero attached hydrogens (tertiary/aromatic N) is 4. The van der Waals surface area contributed by atoms with Crippen molar-refractivity contribution < 1.29 is 9.59 Å². The zero-order valence-corrected chi connectivity index (χ0v) is 17.4. The fourth-order valence-electron chi connectivity index (χ4n) is 4.37. The van der Waals surface area contributed by atoms with E-state index in [4.69, 9.17) is 0 Å². The highest BCUT2D eigenvalue weighted by molar-refractivity contribution is 6.06. The van der Waals surface area contributed by atoms with Gasteiger partial charge in [-0.15, -0.1) is 10.2 Å². The van der Waals surface area contributed by atoms with Gasteiger partial charge in [-0.1, -0.05) is 24.6 Å². The standard InChI is InChI=1S/C24H25N5O2/c30-22-12-6-14-28(22)20-10-5-8-18(16-20)24(31)25-19-9-4-7-17(15-19)23-27-26-21-11-2-1-3-13-29(21)23/h4-5,7-10,15-16H,1-3,6,11-14H2,(H,25,31). The molecule has 5 rings (SSSR count). The van der Waals surface area contributed by atoms with Gasteiger partial charge in [0.15, 0.2) is 5.82 Å². The second kappa shape index (κ2) is 8.34. The second-order valence-electron chi connectivity index (χ2n) is 8.14. The molecule has 2 aliphatic rings. The number of aromatic nitrogens is 3. The van der Waals surface area contributed by atoms with Gasteiger partial charge in [0.2, 0.25) is 5.91 Å². The number of rotatable bonds is 4. The third-order valence-corrected chi connectivity index (χ3v) is 5.98. The normalized spacial score (nSPS) is 16.1. The maximum absolute atomic E-state index is 12.9. The Kier molecular flexibility index (Phi) is 5.24. The van der Waals surface area contributed by atoms with E-state index in [2.05, 4.69) is 20.1 Å². The van der Waals surface area contributed by atoms with Gasteiger partial charge in [-0.3, -0.25) is 9.59 Å². The average molecular weight is 415 g/mol. The van der Waals surface area contributed by atoms with Gasteiger partial charge in [-0.25, -0.2) is 0 Å². The maximum atomic E-state index is 12.9. The van der Waals surface area contributed by atoms with Crippen molar-refractivity contribution in [1.29, 1.82) is 0 Å². The Labute approximate surface area is 181 Å². The molecule has 1 saturated heterocycles. The molecule has 0 bridgehead atoms. The Bertz CT molecular complexity index is 1140. The van der Waals surface area contributed by atoms with Gasteiger partial charge in [0.05, 0.1) is 0 Å². The summed E-state index contributed by atoms with van der Waals surface area (Å²) in [6, 6.07) is 15.0. The van der Waals surface area contributed by atoms with E-state index in [1.54, 1.807) is 17.0 Å². The molecule has 0 radical (unpaired) electrons. The number of fused-ring (bicyclic) bond motifs is 1. The SMILES string of the molecule is O=C(Nc1cccc(-c2nnc3n2CCCCC3)c1)c1cccc(N2CCCC2=O)c1. The average Bonchev–Trinajstić information content (AvgIpc) is 3.33. The first-order chi connectivity index (χ1) is 15.2. The van der Waals surface area contributed by atoms with Crippen LogP contribution < -0.4 is 10.2 Å². The molecule has 1 aromatic heterocycles. The molecule has 2 amide bonds. The molecule has 7 nitrogen and oxygen atoms in total. The van der Waals surface area contributed by atoms with Crippen LogP contribution in [0.2, 0.25) is 0 Å². The molecule has 1 fully saturated rings. The summed E-state index contributed by atoms with van der Waals surface area (Å²) in [4.78, 5) is 26.7. The van der Waals surface area contributed by atoms with Crippen molar-refractivity contribution in [1.82, 2.24) is 14.8 Å². The van der Waals surface area contributed by atoms with Crippen LogP contribution in [-0.4, -0.2) is 33.1 Å². The molecule has 0 saturated carbocycles. The van der Waals surface area contributed by atoms with Crippen molar-refractivity contribution in [3.05, 3.63) is 59.9 Å². The van der Waals surface area contributed by atoms with E-state index >= 15 is 0 Å². The number of hydrogen-bond donors (Lipinski definition) is 1. The van der Waals surface area contributed by atoms with Crippen molar-refractivity contribution in [3.63, 3.8) is 0 Å². The number of benzene rings is 2. The topological polar surface area (TPSA) is 80.1 Å². The number of anilines is 2. The lowest BCUT2D eigenvalue weighted by Crippen LogP contribution is -2.24. The first-order valence-corrected chi connectivity index (χ1v) is 10.9. The van der Waals surface area contributed by atoms with Gasteiger partial charge in [0.1, 0.15) is 5.82 Å². The first kappa shape index (κ1) is 19.5. The molecule has 7 heteroatoms. The van der Waals surface area contributed by atoms with Gasteiger partial charge < -0.3 is 14.8 Å². The zero-order chi connectivity index (χ0) is 21.2. The molecule has 0 aliphatic carbocycles. The summed E-state index contributed by atoms with van der Waals surface area (Å²) in [6.07, 6.45) is 5.87. The molecular formula is C24H25N5O2. The number of carbonyl (C=O) groups excluding carboxylic acids is 2. The highest BCUT2D eigenvalue weighted by Gasteiger charge is 2.22. The molecule has 0 atom stereocenters. The highest BCUT2D eigenvalue weighted by atomic mass is 16.2. The Morgan fingerprint density at radius 1 is 0.903 bits per heavy atom. The van der Waals surface area contributed by atoms with Gasteiger partial charge >= 0.3 is 0 Å². The molecule has 1 N–H and O–H groups in total. The molecule has 0 spiro atoms. The van der Waals surface area contributed by atoms with Crippen LogP contribution in [0.1, 0.15) is 48.3 Å². The largest absolute Gasteiger partial charge is 0.322 e. The predicted octanol–water partition coefficient (Wildman–Crippen LogP) is 4.05. The molecule has 2 aromatic carbocycles. The quantitative estimate of drug-likeness (QED) is 0.697. The summed E-state index contributed by atoms with van der Waals surface area (Å²) >= 11 is 0. The fraction of sp³-hybridized carbons (Fsp3) is 0.333. The second-order valence-corrected chi connectivity index (χ2v) is 8.14. The first-order valence-electron chi connectivity index (χ1n) is 10.9. The summed E-state index contributed by atoms with van der Waals surface area (Å²) in [5.74, 6) is 1.79. The Hall–Kier alpha value is -3.48. The smallest absolute Gasteiger partial charge is 0.255 e.